The average molecular weight is 389 g/mol. The molecule has 0 amide bonds. The van der Waals surface area contributed by atoms with Gasteiger partial charge in [-0.05, 0) is 59.6 Å². The Morgan fingerprint density at radius 3 is 2.17 bits per heavy atom. The SMILES string of the molecule is C[N+]1=NC(c2ccc(-c3ccc(CO)cc3)cc2)=CC1CC1CN2CCC1CC2. The molecule has 4 nitrogen and oxygen atoms in total. The van der Waals surface area contributed by atoms with Crippen LogP contribution in [0.5, 0.6) is 0 Å². The van der Waals surface area contributed by atoms with Gasteiger partial charge >= 0.3 is 0 Å². The molecule has 0 aromatic heterocycles. The van der Waals surface area contributed by atoms with Gasteiger partial charge in [0.25, 0.3) is 0 Å². The third-order valence-corrected chi connectivity index (χ3v) is 7.08. The van der Waals surface area contributed by atoms with Gasteiger partial charge in [-0.15, -0.1) is 4.70 Å². The fourth-order valence-electron chi connectivity index (χ4n) is 5.24. The van der Waals surface area contributed by atoms with E-state index >= 15 is 0 Å². The summed E-state index contributed by atoms with van der Waals surface area (Å²) in [6.07, 6.45) is 6.35. The van der Waals surface area contributed by atoms with E-state index in [0.29, 0.717) is 6.04 Å². The number of piperidine rings is 3. The summed E-state index contributed by atoms with van der Waals surface area (Å²) in [6, 6.07) is 17.2. The molecule has 2 bridgehead atoms. The second-order valence-corrected chi connectivity index (χ2v) is 8.86. The molecule has 4 heterocycles. The van der Waals surface area contributed by atoms with Gasteiger partial charge in [0.05, 0.1) is 6.61 Å². The molecule has 29 heavy (non-hydrogen) atoms. The lowest BCUT2D eigenvalue weighted by Gasteiger charge is -2.44. The molecule has 2 aromatic carbocycles. The first kappa shape index (κ1) is 18.7. The summed E-state index contributed by atoms with van der Waals surface area (Å²) in [6.45, 7) is 3.98. The third kappa shape index (κ3) is 3.79. The summed E-state index contributed by atoms with van der Waals surface area (Å²) in [5.41, 5.74) is 5.58. The van der Waals surface area contributed by atoms with Crippen LogP contribution in [0.1, 0.15) is 30.4 Å². The Labute approximate surface area is 173 Å². The maximum absolute atomic E-state index is 9.21. The molecule has 0 radical (unpaired) electrons. The van der Waals surface area contributed by atoms with E-state index in [-0.39, 0.29) is 6.61 Å². The molecule has 150 valence electrons. The van der Waals surface area contributed by atoms with Crippen molar-refractivity contribution in [3.8, 4) is 11.1 Å². The van der Waals surface area contributed by atoms with E-state index in [4.69, 9.17) is 5.11 Å². The van der Waals surface area contributed by atoms with Crippen molar-refractivity contribution < 1.29 is 9.80 Å². The third-order valence-electron chi connectivity index (χ3n) is 7.08. The van der Waals surface area contributed by atoms with Crippen LogP contribution >= 0.6 is 0 Å². The number of nitrogens with zero attached hydrogens (tertiary/aromatic N) is 3. The molecular weight excluding hydrogens is 358 g/mol. The molecule has 3 saturated heterocycles. The molecule has 2 atom stereocenters. The standard InChI is InChI=1S/C25H30N3O/c1-27-24(14-23-16-28-12-10-21(23)11-13-28)15-25(26-27)22-8-6-20(7-9-22)19-4-2-18(17-29)3-5-19/h2-9,15,21,23-24,29H,10-14,16-17H2,1H3/q+1. The normalized spacial score (nSPS) is 28.3. The topological polar surface area (TPSA) is 38.8 Å². The minimum Gasteiger partial charge on any atom is -0.392 e. The summed E-state index contributed by atoms with van der Waals surface area (Å²) < 4.78 is 2.16. The number of azo groups is 2. The van der Waals surface area contributed by atoms with Gasteiger partial charge in [0, 0.05) is 24.6 Å². The van der Waals surface area contributed by atoms with E-state index in [0.717, 1.165) is 23.1 Å². The van der Waals surface area contributed by atoms with Crippen LogP contribution in [0.4, 0.5) is 0 Å². The van der Waals surface area contributed by atoms with Crippen LogP contribution in [0, 0.1) is 11.8 Å². The number of aliphatic hydroxyl groups excluding tert-OH is 1. The van der Waals surface area contributed by atoms with Gasteiger partial charge in [-0.1, -0.05) is 48.5 Å². The van der Waals surface area contributed by atoms with Gasteiger partial charge in [0.1, 0.15) is 5.70 Å². The minimum absolute atomic E-state index is 0.0865. The van der Waals surface area contributed by atoms with Crippen LogP contribution in [0.25, 0.3) is 16.8 Å². The van der Waals surface area contributed by atoms with E-state index in [9.17, 15) is 5.11 Å². The zero-order valence-electron chi connectivity index (χ0n) is 17.2. The largest absolute Gasteiger partial charge is 0.392 e. The molecule has 6 rings (SSSR count). The molecular formula is C25H30N3O+. The van der Waals surface area contributed by atoms with Crippen molar-refractivity contribution in [3.05, 3.63) is 65.7 Å². The van der Waals surface area contributed by atoms with Gasteiger partial charge in [-0.2, -0.15) is 0 Å². The average Bonchev–Trinajstić information content (AvgIpc) is 3.15. The van der Waals surface area contributed by atoms with Gasteiger partial charge in [-0.3, -0.25) is 0 Å². The predicted molar refractivity (Wildman–Crippen MR) is 115 cm³/mol. The number of hydrogen-bond donors (Lipinski definition) is 1. The fourth-order valence-corrected chi connectivity index (χ4v) is 5.24. The van der Waals surface area contributed by atoms with Crippen LogP contribution in [0.2, 0.25) is 0 Å². The summed E-state index contributed by atoms with van der Waals surface area (Å²) in [4.78, 5) is 2.65. The van der Waals surface area contributed by atoms with Crippen molar-refractivity contribution in [1.29, 1.82) is 0 Å². The lowest BCUT2D eigenvalue weighted by molar-refractivity contribution is -0.583. The molecule has 4 aliphatic heterocycles. The van der Waals surface area contributed by atoms with Crippen molar-refractivity contribution in [1.82, 2.24) is 4.90 Å². The number of likely N-dealkylation sites (N-methyl/N-ethyl adjacent to an activating group) is 1. The fraction of sp³-hybridized carbons (Fsp3) is 0.440. The molecule has 1 N–H and O–H groups in total. The summed E-state index contributed by atoms with van der Waals surface area (Å²) in [7, 11) is 2.12. The van der Waals surface area contributed by atoms with Gasteiger partial charge < -0.3 is 10.0 Å². The van der Waals surface area contributed by atoms with E-state index in [1.807, 2.05) is 12.1 Å². The lowest BCUT2D eigenvalue weighted by Crippen LogP contribution is -2.48. The first-order valence-corrected chi connectivity index (χ1v) is 10.9. The van der Waals surface area contributed by atoms with Crippen LogP contribution in [0.3, 0.4) is 0 Å². The molecule has 4 heteroatoms. The zero-order valence-corrected chi connectivity index (χ0v) is 17.2. The van der Waals surface area contributed by atoms with Gasteiger partial charge in [0.2, 0.25) is 0 Å². The highest BCUT2D eigenvalue weighted by Crippen LogP contribution is 2.37. The van der Waals surface area contributed by atoms with Crippen molar-refractivity contribution in [2.45, 2.75) is 31.9 Å². The molecule has 2 aromatic rings. The monoisotopic (exact) mass is 388 g/mol. The smallest absolute Gasteiger partial charge is 0.199 e. The summed E-state index contributed by atoms with van der Waals surface area (Å²) >= 11 is 0. The molecule has 4 aliphatic rings. The molecule has 2 unspecified atom stereocenters. The second kappa shape index (κ2) is 7.85. The molecule has 3 fully saturated rings. The Morgan fingerprint density at radius 1 is 0.966 bits per heavy atom. The van der Waals surface area contributed by atoms with E-state index in [1.165, 1.54) is 55.6 Å². The number of benzene rings is 2. The molecule has 0 spiro atoms. The summed E-state index contributed by atoms with van der Waals surface area (Å²) in [5, 5.41) is 14.1. The zero-order chi connectivity index (χ0) is 19.8. The van der Waals surface area contributed by atoms with Crippen LogP contribution < -0.4 is 0 Å². The maximum atomic E-state index is 9.21. The molecule has 0 saturated carbocycles. The first-order valence-electron chi connectivity index (χ1n) is 10.9. The molecule has 0 aliphatic carbocycles. The predicted octanol–water partition coefficient (Wildman–Crippen LogP) is 4.40. The highest BCUT2D eigenvalue weighted by Gasteiger charge is 2.38. The Kier molecular flexibility index (Phi) is 5.06. The first-order chi connectivity index (χ1) is 14.2. The van der Waals surface area contributed by atoms with Crippen molar-refractivity contribution >= 4 is 5.70 Å². The van der Waals surface area contributed by atoms with Crippen molar-refractivity contribution in [3.63, 3.8) is 0 Å². The lowest BCUT2D eigenvalue weighted by atomic mass is 9.76. The number of rotatable bonds is 5. The van der Waals surface area contributed by atoms with Gasteiger partial charge in [-0.25, -0.2) is 0 Å². The van der Waals surface area contributed by atoms with Crippen LogP contribution in [-0.4, -0.2) is 47.4 Å². The van der Waals surface area contributed by atoms with Crippen molar-refractivity contribution in [2.75, 3.05) is 26.7 Å². The van der Waals surface area contributed by atoms with Crippen LogP contribution in [-0.2, 0) is 6.61 Å². The minimum atomic E-state index is 0.0865. The van der Waals surface area contributed by atoms with E-state index < -0.39 is 0 Å². The quantitative estimate of drug-likeness (QED) is 0.772. The number of hydrogen-bond acceptors (Lipinski definition) is 3. The highest BCUT2D eigenvalue weighted by atomic mass is 16.3. The Balaban J connectivity index is 1.29. The van der Waals surface area contributed by atoms with E-state index in [2.05, 4.69) is 59.1 Å². The Hall–Kier alpha value is -2.30. The number of fused-ring (bicyclic) bond motifs is 3. The highest BCUT2D eigenvalue weighted by molar-refractivity contribution is 5.70. The van der Waals surface area contributed by atoms with Crippen molar-refractivity contribution in [2.24, 2.45) is 17.0 Å². The van der Waals surface area contributed by atoms with Gasteiger partial charge in [0.15, 0.2) is 13.1 Å². The Bertz CT molecular complexity index is 922. The second-order valence-electron chi connectivity index (χ2n) is 8.86. The summed E-state index contributed by atoms with van der Waals surface area (Å²) in [5.74, 6) is 1.74. The maximum Gasteiger partial charge on any atom is 0.199 e. The van der Waals surface area contributed by atoms with E-state index in [1.54, 1.807) is 0 Å². The number of aliphatic hydroxyl groups is 1. The Morgan fingerprint density at radius 2 is 1.59 bits per heavy atom. The van der Waals surface area contributed by atoms with Crippen LogP contribution in [0.15, 0.2) is 59.7 Å².